The first-order valence-electron chi connectivity index (χ1n) is 4.81. The molecule has 5 atom stereocenters. The summed E-state index contributed by atoms with van der Waals surface area (Å²) in [6.45, 7) is -0.838. The van der Waals surface area contributed by atoms with E-state index in [1.54, 1.807) is 0 Å². The fourth-order valence-corrected chi connectivity index (χ4v) is 1.44. The van der Waals surface area contributed by atoms with Crippen LogP contribution in [0.2, 0.25) is 0 Å². The van der Waals surface area contributed by atoms with Crippen LogP contribution in [0.25, 0.3) is 0 Å². The quantitative estimate of drug-likeness (QED) is 0.292. The fraction of sp³-hybridized carbons (Fsp3) is 0.875. The highest BCUT2D eigenvalue weighted by molar-refractivity contribution is 5.77. The second-order valence-electron chi connectivity index (χ2n) is 3.52. The molecule has 16 heavy (non-hydrogen) atoms. The smallest absolute Gasteiger partial charge is 0.235 e. The second kappa shape index (κ2) is 5.53. The third-order valence-corrected chi connectivity index (χ3v) is 2.38. The maximum Gasteiger partial charge on any atom is 0.235 e. The van der Waals surface area contributed by atoms with E-state index in [-0.39, 0.29) is 6.54 Å². The molecule has 1 saturated heterocycles. The highest BCUT2D eigenvalue weighted by Gasteiger charge is 2.43. The van der Waals surface area contributed by atoms with Crippen LogP contribution in [0, 0.1) is 0 Å². The minimum atomic E-state index is -1.51. The number of nitrogens with one attached hydrogen (secondary N) is 1. The summed E-state index contributed by atoms with van der Waals surface area (Å²) in [5.41, 5.74) is 5.05. The van der Waals surface area contributed by atoms with Gasteiger partial charge in [-0.1, -0.05) is 0 Å². The lowest BCUT2D eigenvalue weighted by atomic mass is 9.98. The Bertz CT molecular complexity index is 249. The minimum Gasteiger partial charge on any atom is -0.394 e. The molecule has 1 heterocycles. The van der Waals surface area contributed by atoms with E-state index in [2.05, 4.69) is 5.32 Å². The molecule has 0 aromatic rings. The Kier molecular flexibility index (Phi) is 4.59. The summed E-state index contributed by atoms with van der Waals surface area (Å²) in [5.74, 6) is -0.579. The predicted molar refractivity (Wildman–Crippen MR) is 51.0 cm³/mol. The molecular formula is C8H16N2O6. The molecule has 1 aliphatic heterocycles. The van der Waals surface area contributed by atoms with Crippen LogP contribution in [-0.4, -0.2) is 70.1 Å². The average Bonchev–Trinajstić information content (AvgIpc) is 2.29. The zero-order valence-electron chi connectivity index (χ0n) is 8.48. The van der Waals surface area contributed by atoms with Crippen LogP contribution in [-0.2, 0) is 9.53 Å². The molecule has 1 fully saturated rings. The van der Waals surface area contributed by atoms with Crippen LogP contribution < -0.4 is 11.1 Å². The summed E-state index contributed by atoms with van der Waals surface area (Å²) in [7, 11) is 0. The van der Waals surface area contributed by atoms with E-state index in [9.17, 15) is 20.1 Å². The van der Waals surface area contributed by atoms with Crippen molar-refractivity contribution in [2.75, 3.05) is 13.2 Å². The Morgan fingerprint density at radius 3 is 2.38 bits per heavy atom. The summed E-state index contributed by atoms with van der Waals surface area (Å²) < 4.78 is 5.01. The number of hydrogen-bond donors (Lipinski definition) is 6. The van der Waals surface area contributed by atoms with Gasteiger partial charge >= 0.3 is 0 Å². The number of aliphatic hydroxyl groups excluding tert-OH is 4. The standard InChI is InChI=1S/C8H16N2O6/c9-1-4(12)10-8-7(15)6(14)5(13)3(2-11)16-8/h3,5-8,11,13-15H,1-2,9H2,(H,10,12)/t3-,5-,6+,7-,8?/m1/s1. The topological polar surface area (TPSA) is 145 Å². The number of aliphatic hydroxyl groups is 4. The molecule has 0 bridgehead atoms. The van der Waals surface area contributed by atoms with Gasteiger partial charge in [0.1, 0.15) is 24.4 Å². The van der Waals surface area contributed by atoms with Crippen LogP contribution in [0.3, 0.4) is 0 Å². The molecule has 0 saturated carbocycles. The van der Waals surface area contributed by atoms with Crippen molar-refractivity contribution < 1.29 is 30.0 Å². The van der Waals surface area contributed by atoms with Crippen molar-refractivity contribution in [3.05, 3.63) is 0 Å². The summed E-state index contributed by atoms with van der Waals surface area (Å²) >= 11 is 0. The van der Waals surface area contributed by atoms with E-state index < -0.39 is 43.2 Å². The summed E-state index contributed by atoms with van der Waals surface area (Å²) in [4.78, 5) is 11.0. The minimum absolute atomic E-state index is 0.297. The van der Waals surface area contributed by atoms with Crippen molar-refractivity contribution in [2.24, 2.45) is 5.73 Å². The van der Waals surface area contributed by atoms with Gasteiger partial charge in [0.25, 0.3) is 0 Å². The Morgan fingerprint density at radius 1 is 1.25 bits per heavy atom. The lowest BCUT2D eigenvalue weighted by molar-refractivity contribution is -0.235. The van der Waals surface area contributed by atoms with Crippen molar-refractivity contribution in [3.8, 4) is 0 Å². The maximum atomic E-state index is 11.0. The van der Waals surface area contributed by atoms with Gasteiger partial charge in [-0.15, -0.1) is 0 Å². The molecule has 1 rings (SSSR count). The van der Waals surface area contributed by atoms with Crippen molar-refractivity contribution in [1.29, 1.82) is 0 Å². The van der Waals surface area contributed by atoms with Crippen molar-refractivity contribution >= 4 is 5.91 Å². The van der Waals surface area contributed by atoms with Crippen molar-refractivity contribution in [1.82, 2.24) is 5.32 Å². The van der Waals surface area contributed by atoms with Crippen LogP contribution in [0.1, 0.15) is 0 Å². The molecule has 8 heteroatoms. The van der Waals surface area contributed by atoms with Gasteiger partial charge in [-0.05, 0) is 0 Å². The van der Waals surface area contributed by atoms with Crippen molar-refractivity contribution in [2.45, 2.75) is 30.6 Å². The largest absolute Gasteiger partial charge is 0.394 e. The summed E-state index contributed by atoms with van der Waals surface area (Å²) in [6.07, 6.45) is -6.67. The van der Waals surface area contributed by atoms with Gasteiger partial charge in [0.05, 0.1) is 13.2 Å². The lowest BCUT2D eigenvalue weighted by Crippen LogP contribution is -2.63. The maximum absolute atomic E-state index is 11.0. The number of carbonyl (C=O) groups excluding carboxylic acids is 1. The highest BCUT2D eigenvalue weighted by atomic mass is 16.6. The van der Waals surface area contributed by atoms with Gasteiger partial charge < -0.3 is 36.2 Å². The number of amides is 1. The lowest BCUT2D eigenvalue weighted by Gasteiger charge is -2.40. The first-order chi connectivity index (χ1) is 7.51. The molecule has 94 valence electrons. The zero-order chi connectivity index (χ0) is 12.3. The molecule has 7 N–H and O–H groups in total. The number of rotatable bonds is 3. The van der Waals surface area contributed by atoms with Gasteiger partial charge in [0.15, 0.2) is 6.23 Å². The third-order valence-electron chi connectivity index (χ3n) is 2.38. The third kappa shape index (κ3) is 2.67. The number of carbonyl (C=O) groups is 1. The molecular weight excluding hydrogens is 220 g/mol. The molecule has 1 amide bonds. The van der Waals surface area contributed by atoms with Crippen molar-refractivity contribution in [3.63, 3.8) is 0 Å². The average molecular weight is 236 g/mol. The molecule has 1 aliphatic rings. The van der Waals surface area contributed by atoms with Gasteiger partial charge in [0.2, 0.25) is 5.91 Å². The molecule has 0 spiro atoms. The summed E-state index contributed by atoms with van der Waals surface area (Å²) in [6, 6.07) is 0. The first kappa shape index (κ1) is 13.3. The number of hydrogen-bond acceptors (Lipinski definition) is 7. The normalized spacial score (nSPS) is 39.4. The van der Waals surface area contributed by atoms with E-state index in [1.165, 1.54) is 0 Å². The van der Waals surface area contributed by atoms with Crippen LogP contribution in [0.5, 0.6) is 0 Å². The van der Waals surface area contributed by atoms with Gasteiger partial charge in [-0.2, -0.15) is 0 Å². The Balaban J connectivity index is 2.67. The highest BCUT2D eigenvalue weighted by Crippen LogP contribution is 2.19. The van der Waals surface area contributed by atoms with Crippen LogP contribution >= 0.6 is 0 Å². The van der Waals surface area contributed by atoms with Gasteiger partial charge in [-0.25, -0.2) is 0 Å². The SMILES string of the molecule is NCC(=O)NC1O[C@H](CO)[C@@H](O)[C@H](O)[C@H]1O. The van der Waals surface area contributed by atoms with E-state index >= 15 is 0 Å². The van der Waals surface area contributed by atoms with Crippen LogP contribution in [0.15, 0.2) is 0 Å². The Labute approximate surface area is 91.6 Å². The van der Waals surface area contributed by atoms with Gasteiger partial charge in [-0.3, -0.25) is 4.79 Å². The molecule has 1 unspecified atom stereocenters. The molecule has 0 aliphatic carbocycles. The number of ether oxygens (including phenoxy) is 1. The Morgan fingerprint density at radius 2 is 1.88 bits per heavy atom. The van der Waals surface area contributed by atoms with Gasteiger partial charge in [0, 0.05) is 0 Å². The molecule has 0 aromatic heterocycles. The summed E-state index contributed by atoms with van der Waals surface area (Å²) in [5, 5.41) is 39.4. The first-order valence-corrected chi connectivity index (χ1v) is 4.81. The molecule has 8 nitrogen and oxygen atoms in total. The fourth-order valence-electron chi connectivity index (χ4n) is 1.44. The molecule has 0 radical (unpaired) electrons. The predicted octanol–water partition coefficient (Wildman–Crippen LogP) is -4.14. The number of nitrogens with two attached hydrogens (primary N) is 1. The van der Waals surface area contributed by atoms with E-state index in [4.69, 9.17) is 15.6 Å². The second-order valence-corrected chi connectivity index (χ2v) is 3.52. The monoisotopic (exact) mass is 236 g/mol. The van der Waals surface area contributed by atoms with E-state index in [0.29, 0.717) is 0 Å². The van der Waals surface area contributed by atoms with E-state index in [0.717, 1.165) is 0 Å². The van der Waals surface area contributed by atoms with E-state index in [1.807, 2.05) is 0 Å². The van der Waals surface area contributed by atoms with Crippen LogP contribution in [0.4, 0.5) is 0 Å². The zero-order valence-corrected chi connectivity index (χ0v) is 8.48. The molecule has 0 aromatic carbocycles. The Hall–Kier alpha value is -0.770.